The summed E-state index contributed by atoms with van der Waals surface area (Å²) in [7, 11) is 1.48. The number of hydrogen-bond acceptors (Lipinski definition) is 12. The molecular formula is C30H38O12. The number of hydrogen-bond donors (Lipinski definition) is 0. The van der Waals surface area contributed by atoms with E-state index in [2.05, 4.69) is 0 Å². The molecule has 0 radical (unpaired) electrons. The number of allylic oxidation sites excluding steroid dienone is 2. The van der Waals surface area contributed by atoms with E-state index in [9.17, 15) is 28.8 Å². The molecular weight excluding hydrogens is 552 g/mol. The lowest BCUT2D eigenvalue weighted by Gasteiger charge is -2.19. The van der Waals surface area contributed by atoms with Crippen LogP contribution in [0.4, 0.5) is 0 Å². The topological polar surface area (TPSA) is 158 Å². The van der Waals surface area contributed by atoms with Gasteiger partial charge in [0.2, 0.25) is 0 Å². The van der Waals surface area contributed by atoms with Crippen LogP contribution in [0.1, 0.15) is 86.8 Å². The predicted molar refractivity (Wildman–Crippen MR) is 147 cm³/mol. The van der Waals surface area contributed by atoms with Gasteiger partial charge < -0.3 is 33.2 Å². The molecule has 2 rings (SSSR count). The second kappa shape index (κ2) is 16.3. The number of cyclic esters (lactones) is 1. The van der Waals surface area contributed by atoms with Crippen LogP contribution in [0.3, 0.4) is 0 Å². The van der Waals surface area contributed by atoms with E-state index >= 15 is 0 Å². The zero-order valence-electron chi connectivity index (χ0n) is 24.9. The van der Waals surface area contributed by atoms with Crippen LogP contribution in [0.2, 0.25) is 0 Å². The van der Waals surface area contributed by atoms with Gasteiger partial charge in [-0.05, 0) is 45.6 Å². The Labute approximate surface area is 244 Å². The van der Waals surface area contributed by atoms with Crippen molar-refractivity contribution >= 4 is 35.6 Å². The molecule has 0 saturated heterocycles. The van der Waals surface area contributed by atoms with Crippen molar-refractivity contribution in [2.75, 3.05) is 20.3 Å². The minimum absolute atomic E-state index is 0.0162. The van der Waals surface area contributed by atoms with Crippen LogP contribution < -0.4 is 9.47 Å². The molecule has 1 aromatic rings. The fourth-order valence-electron chi connectivity index (χ4n) is 4.20. The number of carbonyl (C=O) groups excluding carboxylic acids is 6. The van der Waals surface area contributed by atoms with E-state index in [-0.39, 0.29) is 62.6 Å². The molecule has 0 fully saturated rings. The molecule has 230 valence electrons. The number of benzene rings is 1. The standard InChI is InChI=1S/C30H38O12/c1-17(10-12-18(2)31)11-13-23-28(37-6)19(3)24-16-40-30(36)27(24)29(23)42-26(35)9-7-8-25(34)41-22(14-38-20(4)32)15-39-21(5)33/h11,22H,7-10,12-16H2,1-6H3/b17-11+. The first-order valence-corrected chi connectivity index (χ1v) is 13.5. The maximum atomic E-state index is 12.9. The minimum Gasteiger partial charge on any atom is -0.496 e. The molecule has 0 bridgehead atoms. The summed E-state index contributed by atoms with van der Waals surface area (Å²) in [5.41, 5.74) is 2.86. The molecule has 0 aliphatic carbocycles. The van der Waals surface area contributed by atoms with Crippen molar-refractivity contribution in [3.8, 4) is 11.5 Å². The average molecular weight is 591 g/mol. The predicted octanol–water partition coefficient (Wildman–Crippen LogP) is 3.65. The van der Waals surface area contributed by atoms with Gasteiger partial charge in [0.15, 0.2) is 11.9 Å². The van der Waals surface area contributed by atoms with Crippen molar-refractivity contribution in [3.63, 3.8) is 0 Å². The third kappa shape index (κ3) is 10.3. The highest BCUT2D eigenvalue weighted by molar-refractivity contribution is 5.99. The monoisotopic (exact) mass is 590 g/mol. The molecule has 0 spiro atoms. The Morgan fingerprint density at radius 3 is 2.07 bits per heavy atom. The quantitative estimate of drug-likeness (QED) is 0.119. The van der Waals surface area contributed by atoms with Crippen molar-refractivity contribution in [2.45, 2.75) is 85.9 Å². The second-order valence-electron chi connectivity index (χ2n) is 9.90. The van der Waals surface area contributed by atoms with Gasteiger partial charge in [0.1, 0.15) is 36.9 Å². The first-order chi connectivity index (χ1) is 19.8. The number of ether oxygens (including phenoxy) is 6. The molecule has 0 unspecified atom stereocenters. The van der Waals surface area contributed by atoms with Gasteiger partial charge in [-0.1, -0.05) is 11.6 Å². The molecule has 42 heavy (non-hydrogen) atoms. The van der Waals surface area contributed by atoms with Crippen LogP contribution in [0, 0.1) is 6.92 Å². The first kappa shape index (κ1) is 34.0. The van der Waals surface area contributed by atoms with Crippen LogP contribution in [-0.2, 0) is 55.9 Å². The Kier molecular flexibility index (Phi) is 13.2. The van der Waals surface area contributed by atoms with Gasteiger partial charge in [-0.3, -0.25) is 19.2 Å². The Hall–Kier alpha value is -4.22. The first-order valence-electron chi connectivity index (χ1n) is 13.5. The number of ketones is 1. The number of Topliss-reactive ketones (excluding diaryl/α,β-unsaturated/α-hetero) is 1. The Balaban J connectivity index is 2.15. The summed E-state index contributed by atoms with van der Waals surface area (Å²) in [5.74, 6) is -2.62. The molecule has 0 saturated carbocycles. The minimum atomic E-state index is -1.000. The number of rotatable bonds is 16. The van der Waals surface area contributed by atoms with Crippen LogP contribution in [0.25, 0.3) is 0 Å². The number of carbonyl (C=O) groups is 6. The maximum absolute atomic E-state index is 12.9. The zero-order valence-corrected chi connectivity index (χ0v) is 24.9. The van der Waals surface area contributed by atoms with E-state index in [1.807, 2.05) is 13.0 Å². The molecule has 1 aliphatic heterocycles. The Morgan fingerprint density at radius 1 is 0.881 bits per heavy atom. The van der Waals surface area contributed by atoms with E-state index in [1.54, 1.807) is 6.92 Å². The number of methoxy groups -OCH3 is 1. The molecule has 0 N–H and O–H groups in total. The van der Waals surface area contributed by atoms with E-state index < -0.39 is 36.0 Å². The molecule has 0 atom stereocenters. The van der Waals surface area contributed by atoms with Gasteiger partial charge in [0.25, 0.3) is 0 Å². The van der Waals surface area contributed by atoms with Crippen molar-refractivity contribution < 1.29 is 57.2 Å². The zero-order chi connectivity index (χ0) is 31.4. The van der Waals surface area contributed by atoms with E-state index in [1.165, 1.54) is 27.9 Å². The van der Waals surface area contributed by atoms with E-state index in [0.717, 1.165) is 5.57 Å². The lowest BCUT2D eigenvalue weighted by Crippen LogP contribution is -2.30. The van der Waals surface area contributed by atoms with Crippen molar-refractivity contribution in [1.29, 1.82) is 0 Å². The molecule has 1 aliphatic rings. The highest BCUT2D eigenvalue weighted by atomic mass is 16.6. The summed E-state index contributed by atoms with van der Waals surface area (Å²) in [4.78, 5) is 71.5. The van der Waals surface area contributed by atoms with Crippen LogP contribution in [-0.4, -0.2) is 62.1 Å². The highest BCUT2D eigenvalue weighted by Crippen LogP contribution is 2.43. The van der Waals surface area contributed by atoms with Gasteiger partial charge in [0.05, 0.1) is 7.11 Å². The van der Waals surface area contributed by atoms with Crippen molar-refractivity contribution in [2.24, 2.45) is 0 Å². The molecule has 12 nitrogen and oxygen atoms in total. The SMILES string of the molecule is COc1c(C)c2c(c(OC(=O)CCCC(=O)OC(COC(C)=O)COC(C)=O)c1C/C=C(\C)CCC(C)=O)C(=O)OC2. The molecule has 0 amide bonds. The lowest BCUT2D eigenvalue weighted by atomic mass is 9.94. The average Bonchev–Trinajstić information content (AvgIpc) is 3.30. The van der Waals surface area contributed by atoms with Crippen molar-refractivity contribution in [1.82, 2.24) is 0 Å². The normalized spacial score (nSPS) is 12.4. The number of esters is 5. The van der Waals surface area contributed by atoms with Gasteiger partial charge in [0, 0.05) is 44.2 Å². The summed E-state index contributed by atoms with van der Waals surface area (Å²) in [6, 6.07) is 0. The smallest absolute Gasteiger partial charge is 0.342 e. The summed E-state index contributed by atoms with van der Waals surface area (Å²) < 4.78 is 31.5. The second-order valence-corrected chi connectivity index (χ2v) is 9.90. The maximum Gasteiger partial charge on any atom is 0.342 e. The van der Waals surface area contributed by atoms with Crippen molar-refractivity contribution in [3.05, 3.63) is 33.9 Å². The molecule has 1 aromatic carbocycles. The Morgan fingerprint density at radius 2 is 1.50 bits per heavy atom. The largest absolute Gasteiger partial charge is 0.496 e. The fraction of sp³-hybridized carbons (Fsp3) is 0.533. The summed E-state index contributed by atoms with van der Waals surface area (Å²) in [6.07, 6.45) is 1.83. The third-order valence-electron chi connectivity index (χ3n) is 6.37. The Bertz CT molecular complexity index is 1230. The lowest BCUT2D eigenvalue weighted by molar-refractivity contribution is -0.165. The molecule has 0 aromatic heterocycles. The number of fused-ring (bicyclic) bond motifs is 1. The highest BCUT2D eigenvalue weighted by Gasteiger charge is 2.34. The van der Waals surface area contributed by atoms with Gasteiger partial charge in [-0.15, -0.1) is 0 Å². The van der Waals surface area contributed by atoms with E-state index in [0.29, 0.717) is 35.3 Å². The third-order valence-corrected chi connectivity index (χ3v) is 6.37. The van der Waals surface area contributed by atoms with E-state index in [4.69, 9.17) is 28.4 Å². The summed E-state index contributed by atoms with van der Waals surface area (Å²) in [5, 5.41) is 0. The molecule has 1 heterocycles. The van der Waals surface area contributed by atoms with Gasteiger partial charge in [-0.2, -0.15) is 0 Å². The summed E-state index contributed by atoms with van der Waals surface area (Å²) in [6.45, 7) is 7.01. The summed E-state index contributed by atoms with van der Waals surface area (Å²) >= 11 is 0. The van der Waals surface area contributed by atoms with Gasteiger partial charge >= 0.3 is 29.8 Å². The van der Waals surface area contributed by atoms with Gasteiger partial charge in [-0.25, -0.2) is 4.79 Å². The van der Waals surface area contributed by atoms with Crippen LogP contribution >= 0.6 is 0 Å². The fourth-order valence-corrected chi connectivity index (χ4v) is 4.20. The molecule has 12 heteroatoms. The van der Waals surface area contributed by atoms with Crippen LogP contribution in [0.5, 0.6) is 11.5 Å². The van der Waals surface area contributed by atoms with Crippen LogP contribution in [0.15, 0.2) is 11.6 Å².